The van der Waals surface area contributed by atoms with Gasteiger partial charge in [-0.1, -0.05) is 15.9 Å². The van der Waals surface area contributed by atoms with Gasteiger partial charge in [-0.25, -0.2) is 0 Å². The molecule has 1 saturated heterocycles. The van der Waals surface area contributed by atoms with E-state index in [9.17, 15) is 5.11 Å². The molecule has 0 aliphatic carbocycles. The van der Waals surface area contributed by atoms with Crippen LogP contribution in [0.1, 0.15) is 11.6 Å². The summed E-state index contributed by atoms with van der Waals surface area (Å²) in [6, 6.07) is 5.83. The van der Waals surface area contributed by atoms with Crippen LogP contribution in [0.25, 0.3) is 0 Å². The summed E-state index contributed by atoms with van der Waals surface area (Å²) in [5, 5.41) is 9.69. The van der Waals surface area contributed by atoms with Crippen molar-refractivity contribution in [1.82, 2.24) is 4.90 Å². The average Bonchev–Trinajstić information content (AvgIpc) is 2.41. The number of halogens is 1. The lowest BCUT2D eigenvalue weighted by molar-refractivity contribution is 0.00203. The lowest BCUT2D eigenvalue weighted by atomic mass is 10.0. The Balaban J connectivity index is 2.27. The van der Waals surface area contributed by atoms with E-state index in [4.69, 9.17) is 9.47 Å². The predicted molar refractivity (Wildman–Crippen MR) is 72.9 cm³/mol. The molecule has 18 heavy (non-hydrogen) atoms. The summed E-state index contributed by atoms with van der Waals surface area (Å²) in [5.41, 5.74) is 1.01. The van der Waals surface area contributed by atoms with Gasteiger partial charge in [0.15, 0.2) is 0 Å². The van der Waals surface area contributed by atoms with Gasteiger partial charge < -0.3 is 14.6 Å². The molecule has 4 nitrogen and oxygen atoms in total. The molecule has 1 aliphatic rings. The van der Waals surface area contributed by atoms with Gasteiger partial charge in [0, 0.05) is 23.1 Å². The predicted octanol–water partition coefficient (Wildman–Crippen LogP) is 1.82. The van der Waals surface area contributed by atoms with Gasteiger partial charge >= 0.3 is 0 Å². The third-order valence-corrected chi connectivity index (χ3v) is 3.70. The number of morpholine rings is 1. The van der Waals surface area contributed by atoms with Crippen LogP contribution in [-0.4, -0.2) is 50.0 Å². The molecule has 1 aromatic carbocycles. The maximum atomic E-state index is 9.69. The molecule has 0 spiro atoms. The van der Waals surface area contributed by atoms with E-state index in [0.717, 1.165) is 28.9 Å². The second kappa shape index (κ2) is 6.52. The van der Waals surface area contributed by atoms with Crippen molar-refractivity contribution in [2.75, 3.05) is 40.0 Å². The van der Waals surface area contributed by atoms with Crippen molar-refractivity contribution < 1.29 is 14.6 Å². The molecule has 1 atom stereocenters. The van der Waals surface area contributed by atoms with Crippen molar-refractivity contribution in [1.29, 1.82) is 0 Å². The van der Waals surface area contributed by atoms with E-state index in [-0.39, 0.29) is 12.6 Å². The zero-order chi connectivity index (χ0) is 13.0. The van der Waals surface area contributed by atoms with E-state index in [1.54, 1.807) is 7.11 Å². The van der Waals surface area contributed by atoms with Gasteiger partial charge in [0.1, 0.15) is 5.75 Å². The van der Waals surface area contributed by atoms with Gasteiger partial charge in [0.05, 0.1) is 33.0 Å². The highest BCUT2D eigenvalue weighted by Crippen LogP contribution is 2.32. The number of ether oxygens (including phenoxy) is 2. The van der Waals surface area contributed by atoms with Crippen LogP contribution in [0, 0.1) is 0 Å². The molecule has 1 unspecified atom stereocenters. The van der Waals surface area contributed by atoms with Crippen LogP contribution < -0.4 is 4.74 Å². The second-order valence-electron chi connectivity index (χ2n) is 4.23. The zero-order valence-electron chi connectivity index (χ0n) is 10.4. The summed E-state index contributed by atoms with van der Waals surface area (Å²) < 4.78 is 11.7. The fourth-order valence-electron chi connectivity index (χ4n) is 2.27. The SMILES string of the molecule is COc1ccc(Br)cc1C(CO)N1CCOCC1. The molecule has 1 fully saturated rings. The summed E-state index contributed by atoms with van der Waals surface area (Å²) in [5.74, 6) is 0.809. The first-order valence-electron chi connectivity index (χ1n) is 6.02. The Bertz CT molecular complexity index is 394. The van der Waals surface area contributed by atoms with Crippen molar-refractivity contribution in [2.45, 2.75) is 6.04 Å². The number of aliphatic hydroxyl groups excluding tert-OH is 1. The van der Waals surface area contributed by atoms with E-state index < -0.39 is 0 Å². The lowest BCUT2D eigenvalue weighted by Crippen LogP contribution is -2.40. The normalized spacial score (nSPS) is 18.6. The minimum Gasteiger partial charge on any atom is -0.496 e. The summed E-state index contributed by atoms with van der Waals surface area (Å²) in [6.45, 7) is 3.17. The van der Waals surface area contributed by atoms with Crippen LogP contribution >= 0.6 is 15.9 Å². The summed E-state index contributed by atoms with van der Waals surface area (Å²) >= 11 is 3.47. The first kappa shape index (κ1) is 13.8. The molecule has 1 heterocycles. The number of hydrogen-bond donors (Lipinski definition) is 1. The van der Waals surface area contributed by atoms with Crippen LogP contribution in [0.2, 0.25) is 0 Å². The molecule has 0 aromatic heterocycles. The number of methoxy groups -OCH3 is 1. The smallest absolute Gasteiger partial charge is 0.123 e. The van der Waals surface area contributed by atoms with Crippen molar-refractivity contribution >= 4 is 15.9 Å². The van der Waals surface area contributed by atoms with Gasteiger partial charge in [-0.2, -0.15) is 0 Å². The van der Waals surface area contributed by atoms with Crippen LogP contribution in [0.4, 0.5) is 0 Å². The van der Waals surface area contributed by atoms with Gasteiger partial charge in [-0.3, -0.25) is 4.90 Å². The Morgan fingerprint density at radius 3 is 2.78 bits per heavy atom. The minimum absolute atomic E-state index is 0.0404. The van der Waals surface area contributed by atoms with E-state index in [0.29, 0.717) is 13.2 Å². The molecule has 0 bridgehead atoms. The third-order valence-electron chi connectivity index (χ3n) is 3.21. The fraction of sp³-hybridized carbons (Fsp3) is 0.538. The van der Waals surface area contributed by atoms with Crippen molar-refractivity contribution in [3.63, 3.8) is 0 Å². The van der Waals surface area contributed by atoms with Crippen LogP contribution in [-0.2, 0) is 4.74 Å². The highest BCUT2D eigenvalue weighted by molar-refractivity contribution is 9.10. The standard InChI is InChI=1S/C13H18BrNO3/c1-17-13-3-2-10(14)8-11(13)12(9-16)15-4-6-18-7-5-15/h2-3,8,12,16H,4-7,9H2,1H3. The summed E-state index contributed by atoms with van der Waals surface area (Å²) in [6.07, 6.45) is 0. The first-order chi connectivity index (χ1) is 8.76. The molecule has 0 amide bonds. The molecule has 0 saturated carbocycles. The van der Waals surface area contributed by atoms with Gasteiger partial charge in [0.2, 0.25) is 0 Å². The maximum Gasteiger partial charge on any atom is 0.123 e. The molecule has 2 rings (SSSR count). The Morgan fingerprint density at radius 1 is 1.44 bits per heavy atom. The Morgan fingerprint density at radius 2 is 2.17 bits per heavy atom. The Hall–Kier alpha value is -0.620. The maximum absolute atomic E-state index is 9.69. The molecular formula is C13H18BrNO3. The summed E-state index contributed by atoms with van der Waals surface area (Å²) in [7, 11) is 1.65. The number of nitrogens with zero attached hydrogens (tertiary/aromatic N) is 1. The quantitative estimate of drug-likeness (QED) is 0.920. The summed E-state index contributed by atoms with van der Waals surface area (Å²) in [4.78, 5) is 2.23. The largest absolute Gasteiger partial charge is 0.496 e. The number of benzene rings is 1. The lowest BCUT2D eigenvalue weighted by Gasteiger charge is -2.34. The molecule has 1 aliphatic heterocycles. The van der Waals surface area contributed by atoms with Crippen LogP contribution in [0.3, 0.4) is 0 Å². The number of rotatable bonds is 4. The van der Waals surface area contributed by atoms with Gasteiger partial charge in [0.25, 0.3) is 0 Å². The molecule has 1 N–H and O–H groups in total. The monoisotopic (exact) mass is 315 g/mol. The van der Waals surface area contributed by atoms with Crippen molar-refractivity contribution in [3.8, 4) is 5.75 Å². The van der Waals surface area contributed by atoms with E-state index in [1.165, 1.54) is 0 Å². The molecule has 5 heteroatoms. The van der Waals surface area contributed by atoms with E-state index in [2.05, 4.69) is 20.8 Å². The Kier molecular flexibility index (Phi) is 5.00. The molecule has 100 valence electrons. The average molecular weight is 316 g/mol. The minimum atomic E-state index is -0.0404. The van der Waals surface area contributed by atoms with E-state index in [1.807, 2.05) is 18.2 Å². The van der Waals surface area contributed by atoms with Gasteiger partial charge in [-0.15, -0.1) is 0 Å². The highest BCUT2D eigenvalue weighted by atomic mass is 79.9. The van der Waals surface area contributed by atoms with Gasteiger partial charge in [-0.05, 0) is 18.2 Å². The van der Waals surface area contributed by atoms with Crippen molar-refractivity contribution in [2.24, 2.45) is 0 Å². The zero-order valence-corrected chi connectivity index (χ0v) is 12.0. The van der Waals surface area contributed by atoms with E-state index >= 15 is 0 Å². The van der Waals surface area contributed by atoms with Crippen LogP contribution in [0.5, 0.6) is 5.75 Å². The first-order valence-corrected chi connectivity index (χ1v) is 6.81. The molecular weight excluding hydrogens is 298 g/mol. The highest BCUT2D eigenvalue weighted by Gasteiger charge is 2.24. The molecule has 1 aromatic rings. The Labute approximate surface area is 116 Å². The number of aliphatic hydroxyl groups is 1. The number of hydrogen-bond acceptors (Lipinski definition) is 4. The third kappa shape index (κ3) is 3.03. The van der Waals surface area contributed by atoms with Crippen LogP contribution in [0.15, 0.2) is 22.7 Å². The molecule has 0 radical (unpaired) electrons. The van der Waals surface area contributed by atoms with Crippen molar-refractivity contribution in [3.05, 3.63) is 28.2 Å². The topological polar surface area (TPSA) is 41.9 Å². The fourth-order valence-corrected chi connectivity index (χ4v) is 2.64. The second-order valence-corrected chi connectivity index (χ2v) is 5.15.